The maximum atomic E-state index is 12.5. The van der Waals surface area contributed by atoms with E-state index in [-0.39, 0.29) is 23.4 Å². The number of ether oxygens (including phenoxy) is 2. The summed E-state index contributed by atoms with van der Waals surface area (Å²) in [5.74, 6) is -0.207. The summed E-state index contributed by atoms with van der Waals surface area (Å²) in [6.45, 7) is 4.10. The highest BCUT2D eigenvalue weighted by Gasteiger charge is 2.27. The number of hydrogen-bond acceptors (Lipinski definition) is 8. The average molecular weight is 488 g/mol. The van der Waals surface area contributed by atoms with Crippen molar-refractivity contribution in [3.63, 3.8) is 0 Å². The summed E-state index contributed by atoms with van der Waals surface area (Å²) in [4.78, 5) is 45.5. The van der Waals surface area contributed by atoms with E-state index < -0.39 is 5.91 Å². The van der Waals surface area contributed by atoms with Gasteiger partial charge in [0, 0.05) is 37.5 Å². The molecule has 0 bridgehead atoms. The Morgan fingerprint density at radius 1 is 1.06 bits per heavy atom. The van der Waals surface area contributed by atoms with E-state index >= 15 is 0 Å². The number of morpholine rings is 1. The Morgan fingerprint density at radius 3 is 2.53 bits per heavy atom. The minimum atomic E-state index is -0.449. The number of carbonyl (C=O) groups excluding carboxylic acids is 3. The summed E-state index contributed by atoms with van der Waals surface area (Å²) in [5, 5.41) is 2.45. The molecule has 0 spiro atoms. The van der Waals surface area contributed by atoms with Gasteiger partial charge in [-0.15, -0.1) is 11.3 Å². The van der Waals surface area contributed by atoms with Gasteiger partial charge in [0.2, 0.25) is 11.8 Å². The number of nitrogens with zero attached hydrogens (tertiary/aromatic N) is 3. The van der Waals surface area contributed by atoms with Gasteiger partial charge in [0.1, 0.15) is 11.4 Å². The molecule has 2 aliphatic rings. The molecule has 2 fully saturated rings. The normalized spacial score (nSPS) is 16.7. The molecule has 2 aromatic rings. The third-order valence-electron chi connectivity index (χ3n) is 5.85. The zero-order chi connectivity index (χ0) is 23.8. The number of hydrogen-bond donors (Lipinski definition) is 2. The number of para-hydroxylation sites is 1. The molecule has 0 aliphatic carbocycles. The van der Waals surface area contributed by atoms with Crippen LogP contribution >= 0.6 is 11.3 Å². The molecule has 10 nitrogen and oxygen atoms in total. The van der Waals surface area contributed by atoms with Crippen LogP contribution in [0.3, 0.4) is 0 Å². The van der Waals surface area contributed by atoms with Crippen molar-refractivity contribution in [3.8, 4) is 5.75 Å². The molecule has 0 radical (unpaired) electrons. The van der Waals surface area contributed by atoms with Crippen molar-refractivity contribution in [2.24, 2.45) is 5.92 Å². The molecule has 0 saturated carbocycles. The van der Waals surface area contributed by atoms with E-state index in [2.05, 4.69) is 20.7 Å². The van der Waals surface area contributed by atoms with Crippen LogP contribution in [0.1, 0.15) is 29.8 Å². The zero-order valence-electron chi connectivity index (χ0n) is 18.9. The van der Waals surface area contributed by atoms with Gasteiger partial charge in [-0.3, -0.25) is 25.2 Å². The highest BCUT2D eigenvalue weighted by atomic mass is 32.1. The molecule has 3 heterocycles. The molecule has 2 N–H and O–H groups in total. The van der Waals surface area contributed by atoms with E-state index in [0.29, 0.717) is 52.2 Å². The second-order valence-corrected chi connectivity index (χ2v) is 8.96. The maximum absolute atomic E-state index is 12.5. The molecule has 4 rings (SSSR count). The summed E-state index contributed by atoms with van der Waals surface area (Å²) in [6, 6.07) is 9.38. The molecule has 2 saturated heterocycles. The van der Waals surface area contributed by atoms with Crippen molar-refractivity contribution in [1.29, 1.82) is 0 Å². The van der Waals surface area contributed by atoms with E-state index in [1.165, 1.54) is 11.3 Å². The fraction of sp³-hybridized carbons (Fsp3) is 0.478. The van der Waals surface area contributed by atoms with E-state index in [1.54, 1.807) is 10.3 Å². The Balaban J connectivity index is 1.15. The Hall–Kier alpha value is -3.18. The largest absolute Gasteiger partial charge is 0.493 e. The van der Waals surface area contributed by atoms with Crippen molar-refractivity contribution in [2.45, 2.75) is 19.3 Å². The molecule has 2 aliphatic heterocycles. The van der Waals surface area contributed by atoms with Gasteiger partial charge in [-0.1, -0.05) is 18.2 Å². The Kier molecular flexibility index (Phi) is 8.31. The lowest BCUT2D eigenvalue weighted by atomic mass is 9.96. The van der Waals surface area contributed by atoms with Gasteiger partial charge < -0.3 is 19.3 Å². The fourth-order valence-electron chi connectivity index (χ4n) is 3.88. The summed E-state index contributed by atoms with van der Waals surface area (Å²) in [7, 11) is 0. The third kappa shape index (κ3) is 6.45. The number of piperidine rings is 1. The highest BCUT2D eigenvalue weighted by Crippen LogP contribution is 2.21. The van der Waals surface area contributed by atoms with E-state index in [0.717, 1.165) is 24.0 Å². The number of carbonyl (C=O) groups is 3. The van der Waals surface area contributed by atoms with Gasteiger partial charge in [-0.25, -0.2) is 4.98 Å². The third-order valence-corrected chi connectivity index (χ3v) is 6.75. The first-order chi connectivity index (χ1) is 16.6. The Bertz CT molecular complexity index is 971. The zero-order valence-corrected chi connectivity index (χ0v) is 19.7. The van der Waals surface area contributed by atoms with Crippen molar-refractivity contribution in [1.82, 2.24) is 20.7 Å². The smallest absolute Gasteiger partial charge is 0.289 e. The van der Waals surface area contributed by atoms with Gasteiger partial charge in [0.25, 0.3) is 5.91 Å². The molecule has 182 valence electrons. The molecule has 1 aromatic carbocycles. The van der Waals surface area contributed by atoms with Crippen LogP contribution in [0.25, 0.3) is 0 Å². The number of aromatic nitrogens is 1. The first-order valence-corrected chi connectivity index (χ1v) is 12.3. The standard InChI is InChI=1S/C23H29N5O5S/c29-20(8-13-33-18-4-2-1-3-5-18)27-9-6-17(7-10-27)21(30)25-26-22(31)19-16-34-23(24-19)28-11-14-32-15-12-28/h1-5,16-17H,6-15H2,(H,25,30)(H,26,31). The Morgan fingerprint density at radius 2 is 1.79 bits per heavy atom. The monoisotopic (exact) mass is 487 g/mol. The number of nitrogens with one attached hydrogen (secondary N) is 2. The summed E-state index contributed by atoms with van der Waals surface area (Å²) in [6.07, 6.45) is 1.39. The second kappa shape index (κ2) is 11.8. The van der Waals surface area contributed by atoms with Gasteiger partial charge in [0.15, 0.2) is 5.13 Å². The molecular weight excluding hydrogens is 458 g/mol. The van der Waals surface area contributed by atoms with Gasteiger partial charge in [-0.2, -0.15) is 0 Å². The highest BCUT2D eigenvalue weighted by molar-refractivity contribution is 7.13. The minimum Gasteiger partial charge on any atom is -0.493 e. The van der Waals surface area contributed by atoms with Crippen LogP contribution in [0.4, 0.5) is 5.13 Å². The first kappa shape index (κ1) is 24.0. The average Bonchev–Trinajstić information content (AvgIpc) is 3.39. The van der Waals surface area contributed by atoms with Crippen LogP contribution in [-0.4, -0.2) is 73.6 Å². The lowest BCUT2D eigenvalue weighted by molar-refractivity contribution is -0.136. The van der Waals surface area contributed by atoms with Crippen molar-refractivity contribution >= 4 is 34.2 Å². The number of benzene rings is 1. The molecule has 3 amide bonds. The Labute approximate surface area is 202 Å². The number of anilines is 1. The summed E-state index contributed by atoms with van der Waals surface area (Å²) in [5.41, 5.74) is 5.23. The van der Waals surface area contributed by atoms with Crippen LogP contribution in [0.2, 0.25) is 0 Å². The number of thiazole rings is 1. The van der Waals surface area contributed by atoms with Gasteiger partial charge in [-0.05, 0) is 25.0 Å². The SMILES string of the molecule is O=C(NNC(=O)C1CCN(C(=O)CCOc2ccccc2)CC1)c1csc(N2CCOCC2)n1. The molecule has 0 atom stereocenters. The fourth-order valence-corrected chi connectivity index (χ4v) is 4.73. The van der Waals surface area contributed by atoms with Crippen LogP contribution in [0.5, 0.6) is 5.75 Å². The quantitative estimate of drug-likeness (QED) is 0.569. The predicted molar refractivity (Wildman–Crippen MR) is 127 cm³/mol. The molecule has 0 unspecified atom stereocenters. The van der Waals surface area contributed by atoms with Crippen molar-refractivity contribution < 1.29 is 23.9 Å². The molecule has 1 aromatic heterocycles. The van der Waals surface area contributed by atoms with Crippen LogP contribution in [0.15, 0.2) is 35.7 Å². The van der Waals surface area contributed by atoms with E-state index in [9.17, 15) is 14.4 Å². The van der Waals surface area contributed by atoms with E-state index in [1.807, 2.05) is 30.3 Å². The summed E-state index contributed by atoms with van der Waals surface area (Å²) >= 11 is 1.39. The van der Waals surface area contributed by atoms with Crippen molar-refractivity contribution in [3.05, 3.63) is 41.4 Å². The molecule has 34 heavy (non-hydrogen) atoms. The lowest BCUT2D eigenvalue weighted by Crippen LogP contribution is -2.48. The van der Waals surface area contributed by atoms with E-state index in [4.69, 9.17) is 9.47 Å². The lowest BCUT2D eigenvalue weighted by Gasteiger charge is -2.31. The molecular formula is C23H29N5O5S. The van der Waals surface area contributed by atoms with Crippen LogP contribution in [0, 0.1) is 5.92 Å². The minimum absolute atomic E-state index is 0.0164. The number of likely N-dealkylation sites (tertiary alicyclic amines) is 1. The van der Waals surface area contributed by atoms with Crippen LogP contribution < -0.4 is 20.5 Å². The van der Waals surface area contributed by atoms with Gasteiger partial charge in [0.05, 0.1) is 26.2 Å². The maximum Gasteiger partial charge on any atom is 0.289 e. The van der Waals surface area contributed by atoms with Crippen molar-refractivity contribution in [2.75, 3.05) is 50.9 Å². The first-order valence-electron chi connectivity index (χ1n) is 11.4. The molecule has 11 heteroatoms. The number of amides is 3. The van der Waals surface area contributed by atoms with Crippen LogP contribution in [-0.2, 0) is 14.3 Å². The predicted octanol–water partition coefficient (Wildman–Crippen LogP) is 1.45. The number of rotatable bonds is 7. The number of hydrazine groups is 1. The second-order valence-electron chi connectivity index (χ2n) is 8.12. The summed E-state index contributed by atoms with van der Waals surface area (Å²) < 4.78 is 10.9. The van der Waals surface area contributed by atoms with Gasteiger partial charge >= 0.3 is 0 Å². The topological polar surface area (TPSA) is 113 Å².